The molecule has 1 aliphatic heterocycles. The molecule has 0 aliphatic carbocycles. The number of benzene rings is 1. The molecular formula is C18H23NO4. The van der Waals surface area contributed by atoms with Gasteiger partial charge in [-0.2, -0.15) is 0 Å². The van der Waals surface area contributed by atoms with Gasteiger partial charge >= 0.3 is 12.1 Å². The number of esters is 1. The Kier molecular flexibility index (Phi) is 5.08. The van der Waals surface area contributed by atoms with E-state index in [0.717, 1.165) is 5.56 Å². The van der Waals surface area contributed by atoms with Gasteiger partial charge in [0, 0.05) is 6.54 Å². The van der Waals surface area contributed by atoms with E-state index in [1.165, 1.54) is 4.90 Å². The second-order valence-electron chi connectivity index (χ2n) is 6.58. The van der Waals surface area contributed by atoms with Crippen LogP contribution >= 0.6 is 0 Å². The minimum atomic E-state index is -0.770. The lowest BCUT2D eigenvalue weighted by molar-refractivity contribution is -0.148. The fourth-order valence-electron chi connectivity index (χ4n) is 2.37. The first kappa shape index (κ1) is 17.1. The number of hydrogen-bond donors (Lipinski definition) is 0. The Morgan fingerprint density at radius 1 is 1.26 bits per heavy atom. The zero-order chi connectivity index (χ0) is 17.0. The normalized spacial score (nSPS) is 18.0. The molecule has 1 saturated heterocycles. The molecule has 0 aromatic heterocycles. The van der Waals surface area contributed by atoms with Crippen LogP contribution in [-0.2, 0) is 20.9 Å². The van der Waals surface area contributed by atoms with Crippen LogP contribution in [0.1, 0.15) is 32.8 Å². The number of carbonyl (C=O) groups excluding carboxylic acids is 2. The first-order chi connectivity index (χ1) is 10.8. The molecule has 5 heteroatoms. The number of nitrogens with zero attached hydrogens (tertiary/aromatic N) is 1. The van der Waals surface area contributed by atoms with E-state index in [4.69, 9.17) is 9.47 Å². The predicted molar refractivity (Wildman–Crippen MR) is 86.7 cm³/mol. The summed E-state index contributed by atoms with van der Waals surface area (Å²) in [6, 6.07) is 8.64. The molecule has 2 rings (SSSR count). The third-order valence-corrected chi connectivity index (χ3v) is 3.45. The lowest BCUT2D eigenvalue weighted by Gasteiger charge is -2.27. The van der Waals surface area contributed by atoms with Crippen molar-refractivity contribution in [3.63, 3.8) is 0 Å². The fraction of sp³-hybridized carbons (Fsp3) is 0.444. The zero-order valence-electron chi connectivity index (χ0n) is 13.9. The van der Waals surface area contributed by atoms with Crippen molar-refractivity contribution in [1.82, 2.24) is 4.90 Å². The van der Waals surface area contributed by atoms with E-state index in [1.54, 1.807) is 20.8 Å². The Labute approximate surface area is 136 Å². The lowest BCUT2D eigenvalue weighted by atomic mass is 10.1. The maximum Gasteiger partial charge on any atom is 0.411 e. The molecule has 0 bridgehead atoms. The molecule has 1 amide bonds. The van der Waals surface area contributed by atoms with Crippen molar-refractivity contribution in [3.8, 4) is 0 Å². The van der Waals surface area contributed by atoms with Gasteiger partial charge in [0.25, 0.3) is 0 Å². The zero-order valence-corrected chi connectivity index (χ0v) is 13.9. The molecule has 23 heavy (non-hydrogen) atoms. The maximum absolute atomic E-state index is 12.4. The standard InChI is InChI=1S/C18H23NO4/c1-13-10-11-19(17(21)23-18(2,3)4)15(13)16(20)22-12-14-8-6-5-7-9-14/h5-9,15H,1,10-12H2,2-4H3/t15-/m0/s1. The van der Waals surface area contributed by atoms with Gasteiger partial charge in [0.1, 0.15) is 12.2 Å². The van der Waals surface area contributed by atoms with Gasteiger partial charge < -0.3 is 9.47 Å². The first-order valence-electron chi connectivity index (χ1n) is 7.66. The van der Waals surface area contributed by atoms with Crippen molar-refractivity contribution in [2.24, 2.45) is 0 Å². The summed E-state index contributed by atoms with van der Waals surface area (Å²) in [4.78, 5) is 26.0. The summed E-state index contributed by atoms with van der Waals surface area (Å²) in [7, 11) is 0. The fourth-order valence-corrected chi connectivity index (χ4v) is 2.37. The molecule has 0 N–H and O–H groups in total. The maximum atomic E-state index is 12.4. The number of hydrogen-bond acceptors (Lipinski definition) is 4. The van der Waals surface area contributed by atoms with Crippen molar-refractivity contribution >= 4 is 12.1 Å². The molecule has 0 saturated carbocycles. The van der Waals surface area contributed by atoms with Gasteiger partial charge in [-0.15, -0.1) is 0 Å². The Morgan fingerprint density at radius 2 is 1.91 bits per heavy atom. The van der Waals surface area contributed by atoms with E-state index in [-0.39, 0.29) is 6.61 Å². The molecule has 0 unspecified atom stereocenters. The third kappa shape index (κ3) is 4.58. The van der Waals surface area contributed by atoms with Crippen LogP contribution in [0, 0.1) is 0 Å². The molecule has 1 aromatic rings. The molecule has 5 nitrogen and oxygen atoms in total. The monoisotopic (exact) mass is 317 g/mol. The summed E-state index contributed by atoms with van der Waals surface area (Å²) in [5, 5.41) is 0. The van der Waals surface area contributed by atoms with Crippen molar-refractivity contribution in [2.45, 2.75) is 45.4 Å². The Morgan fingerprint density at radius 3 is 2.52 bits per heavy atom. The number of carbonyl (C=O) groups is 2. The Hall–Kier alpha value is -2.30. The lowest BCUT2D eigenvalue weighted by Crippen LogP contribution is -2.44. The van der Waals surface area contributed by atoms with Crippen molar-refractivity contribution in [3.05, 3.63) is 48.0 Å². The largest absolute Gasteiger partial charge is 0.459 e. The minimum Gasteiger partial charge on any atom is -0.459 e. The van der Waals surface area contributed by atoms with Crippen LogP contribution in [0.4, 0.5) is 4.79 Å². The highest BCUT2D eigenvalue weighted by atomic mass is 16.6. The molecule has 1 aromatic carbocycles. The molecule has 0 radical (unpaired) electrons. The van der Waals surface area contributed by atoms with Crippen LogP contribution < -0.4 is 0 Å². The number of likely N-dealkylation sites (tertiary alicyclic amines) is 1. The number of rotatable bonds is 3. The van der Waals surface area contributed by atoms with Crippen molar-refractivity contribution in [2.75, 3.05) is 6.54 Å². The Balaban J connectivity index is 2.01. The molecule has 1 fully saturated rings. The van der Waals surface area contributed by atoms with Crippen molar-refractivity contribution < 1.29 is 19.1 Å². The molecule has 0 spiro atoms. The van der Waals surface area contributed by atoms with Crippen LogP contribution in [0.2, 0.25) is 0 Å². The van der Waals surface area contributed by atoms with E-state index in [1.807, 2.05) is 30.3 Å². The SMILES string of the molecule is C=C1CCN(C(=O)OC(C)(C)C)[C@@H]1C(=O)OCc1ccccc1. The summed E-state index contributed by atoms with van der Waals surface area (Å²) in [6.07, 6.45) is 0.0578. The molecule has 1 heterocycles. The predicted octanol–water partition coefficient (Wildman–Crippen LogP) is 3.30. The highest BCUT2D eigenvalue weighted by Gasteiger charge is 2.40. The average molecular weight is 317 g/mol. The molecule has 124 valence electrons. The summed E-state index contributed by atoms with van der Waals surface area (Å²) >= 11 is 0. The van der Waals surface area contributed by atoms with Gasteiger partial charge in [0.2, 0.25) is 0 Å². The van der Waals surface area contributed by atoms with Crippen LogP contribution in [-0.4, -0.2) is 35.2 Å². The van der Waals surface area contributed by atoms with Gasteiger partial charge in [0.05, 0.1) is 0 Å². The highest BCUT2D eigenvalue weighted by molar-refractivity contribution is 5.85. The Bertz CT molecular complexity index is 589. The smallest absolute Gasteiger partial charge is 0.411 e. The number of amides is 1. The van der Waals surface area contributed by atoms with E-state index >= 15 is 0 Å². The van der Waals surface area contributed by atoms with Gasteiger partial charge in [-0.1, -0.05) is 36.9 Å². The third-order valence-electron chi connectivity index (χ3n) is 3.45. The van der Waals surface area contributed by atoms with E-state index in [9.17, 15) is 9.59 Å². The highest BCUT2D eigenvalue weighted by Crippen LogP contribution is 2.25. The summed E-state index contributed by atoms with van der Waals surface area (Å²) < 4.78 is 10.7. The minimum absolute atomic E-state index is 0.172. The van der Waals surface area contributed by atoms with E-state index in [0.29, 0.717) is 18.5 Å². The average Bonchev–Trinajstić information content (AvgIpc) is 2.86. The topological polar surface area (TPSA) is 55.8 Å². The molecule has 1 aliphatic rings. The summed E-state index contributed by atoms with van der Waals surface area (Å²) in [5.41, 5.74) is 0.960. The van der Waals surface area contributed by atoms with Gasteiger partial charge in [-0.25, -0.2) is 9.59 Å². The number of ether oxygens (including phenoxy) is 2. The molecule has 1 atom stereocenters. The van der Waals surface area contributed by atoms with Crippen LogP contribution in [0.3, 0.4) is 0 Å². The van der Waals surface area contributed by atoms with E-state index < -0.39 is 23.7 Å². The van der Waals surface area contributed by atoms with Crippen LogP contribution in [0.15, 0.2) is 42.5 Å². The van der Waals surface area contributed by atoms with Crippen molar-refractivity contribution in [1.29, 1.82) is 0 Å². The summed E-state index contributed by atoms with van der Waals surface area (Å²) in [6.45, 7) is 9.85. The van der Waals surface area contributed by atoms with Gasteiger partial charge in [-0.05, 0) is 38.3 Å². The van der Waals surface area contributed by atoms with Crippen LogP contribution in [0.25, 0.3) is 0 Å². The van der Waals surface area contributed by atoms with E-state index in [2.05, 4.69) is 6.58 Å². The second kappa shape index (κ2) is 6.86. The van der Waals surface area contributed by atoms with Gasteiger partial charge in [0.15, 0.2) is 6.04 Å². The van der Waals surface area contributed by atoms with Crippen LogP contribution in [0.5, 0.6) is 0 Å². The second-order valence-corrected chi connectivity index (χ2v) is 6.58. The first-order valence-corrected chi connectivity index (χ1v) is 7.66. The quantitative estimate of drug-likeness (QED) is 0.634. The molecular weight excluding hydrogens is 294 g/mol. The van der Waals surface area contributed by atoms with Gasteiger partial charge in [-0.3, -0.25) is 4.90 Å². The summed E-state index contributed by atoms with van der Waals surface area (Å²) in [5.74, 6) is -0.470.